The van der Waals surface area contributed by atoms with Crippen LogP contribution in [0.2, 0.25) is 5.02 Å². The van der Waals surface area contributed by atoms with E-state index in [9.17, 15) is 14.7 Å². The second kappa shape index (κ2) is 5.62. The summed E-state index contributed by atoms with van der Waals surface area (Å²) in [4.78, 5) is 23.1. The van der Waals surface area contributed by atoms with Crippen LogP contribution in [-0.4, -0.2) is 38.6 Å². The molecule has 0 saturated carbocycles. The number of aromatic carboxylic acids is 1. The molecule has 2 rings (SSSR count). The highest BCUT2D eigenvalue weighted by molar-refractivity contribution is 6.31. The summed E-state index contributed by atoms with van der Waals surface area (Å²) in [5.41, 5.74) is -0.407. The van der Waals surface area contributed by atoms with E-state index in [1.165, 1.54) is 22.8 Å². The van der Waals surface area contributed by atoms with Gasteiger partial charge in [-0.3, -0.25) is 4.79 Å². The molecule has 0 fully saturated rings. The molecule has 1 atom stereocenters. The van der Waals surface area contributed by atoms with E-state index in [2.05, 4.69) is 0 Å². The molecule has 7 heteroatoms. The highest BCUT2D eigenvalue weighted by Gasteiger charge is 2.17. The van der Waals surface area contributed by atoms with Gasteiger partial charge in [-0.15, -0.1) is 0 Å². The van der Waals surface area contributed by atoms with Crippen molar-refractivity contribution in [2.75, 3.05) is 6.61 Å². The lowest BCUT2D eigenvalue weighted by molar-refractivity contribution is 0.0656. The molecule has 0 radical (unpaired) electrons. The second-order valence-corrected chi connectivity index (χ2v) is 4.74. The number of carbonyl (C=O) groups is 1. The number of hydrogen-bond acceptors (Lipinski definition) is 4. The van der Waals surface area contributed by atoms with Gasteiger partial charge in [-0.1, -0.05) is 11.6 Å². The molecule has 2 aromatic rings. The number of hydrogen-bond donors (Lipinski definition) is 3. The molecule has 0 saturated heterocycles. The first-order valence-corrected chi connectivity index (χ1v) is 6.17. The van der Waals surface area contributed by atoms with E-state index in [1.807, 2.05) is 0 Å². The summed E-state index contributed by atoms with van der Waals surface area (Å²) in [5, 5.41) is 28.3. The average molecular weight is 298 g/mol. The molecule has 106 valence electrons. The van der Waals surface area contributed by atoms with Crippen LogP contribution < -0.4 is 5.43 Å². The molecule has 0 amide bonds. The van der Waals surface area contributed by atoms with Crippen molar-refractivity contribution in [1.29, 1.82) is 0 Å². The first-order chi connectivity index (χ1) is 9.43. The number of nitrogens with zero attached hydrogens (tertiary/aromatic N) is 1. The van der Waals surface area contributed by atoms with Crippen molar-refractivity contribution in [3.05, 3.63) is 45.2 Å². The largest absolute Gasteiger partial charge is 0.477 e. The summed E-state index contributed by atoms with van der Waals surface area (Å²) in [7, 11) is 0. The van der Waals surface area contributed by atoms with Gasteiger partial charge in [-0.05, 0) is 18.2 Å². The minimum Gasteiger partial charge on any atom is -0.477 e. The molecule has 20 heavy (non-hydrogen) atoms. The monoisotopic (exact) mass is 297 g/mol. The maximum atomic E-state index is 11.9. The van der Waals surface area contributed by atoms with E-state index >= 15 is 0 Å². The lowest BCUT2D eigenvalue weighted by Crippen LogP contribution is -2.26. The third kappa shape index (κ3) is 2.67. The van der Waals surface area contributed by atoms with Crippen molar-refractivity contribution in [3.63, 3.8) is 0 Å². The Kier molecular flexibility index (Phi) is 4.08. The van der Waals surface area contributed by atoms with Crippen LogP contribution >= 0.6 is 11.6 Å². The Balaban J connectivity index is 2.80. The third-order valence-electron chi connectivity index (χ3n) is 2.90. The lowest BCUT2D eigenvalue weighted by atomic mass is 10.1. The predicted molar refractivity (Wildman–Crippen MR) is 73.3 cm³/mol. The second-order valence-electron chi connectivity index (χ2n) is 4.31. The van der Waals surface area contributed by atoms with E-state index < -0.39 is 24.1 Å². The van der Waals surface area contributed by atoms with Crippen molar-refractivity contribution in [2.24, 2.45) is 0 Å². The quantitative estimate of drug-likeness (QED) is 0.771. The van der Waals surface area contributed by atoms with Crippen LogP contribution in [0.4, 0.5) is 0 Å². The van der Waals surface area contributed by atoms with Crippen LogP contribution in [0, 0.1) is 0 Å². The Morgan fingerprint density at radius 3 is 2.65 bits per heavy atom. The minimum absolute atomic E-state index is 0.157. The van der Waals surface area contributed by atoms with E-state index in [0.29, 0.717) is 15.9 Å². The summed E-state index contributed by atoms with van der Waals surface area (Å²) in [6, 6.07) is 5.46. The zero-order valence-corrected chi connectivity index (χ0v) is 11.0. The first-order valence-electron chi connectivity index (χ1n) is 5.79. The molecule has 0 aliphatic heterocycles. The molecule has 1 aromatic heterocycles. The summed E-state index contributed by atoms with van der Waals surface area (Å²) in [5.74, 6) is -1.30. The normalized spacial score (nSPS) is 12.6. The first kappa shape index (κ1) is 14.5. The minimum atomic E-state index is -1.30. The van der Waals surface area contributed by atoms with Gasteiger partial charge in [0.05, 0.1) is 24.8 Å². The highest BCUT2D eigenvalue weighted by Crippen LogP contribution is 2.19. The number of aliphatic hydroxyl groups excluding tert-OH is 2. The number of carboxylic acids is 1. The molecular formula is C13H12ClNO5. The standard InChI is InChI=1S/C13H12ClNO5/c14-7-1-2-9-10(3-7)15(5-8(17)6-16)11(13(19)20)4-12(9)18/h1-4,8,16-17H,5-6H2,(H,19,20). The van der Waals surface area contributed by atoms with Gasteiger partial charge in [-0.25, -0.2) is 4.79 Å². The van der Waals surface area contributed by atoms with Gasteiger partial charge >= 0.3 is 5.97 Å². The topological polar surface area (TPSA) is 99.8 Å². The number of aromatic nitrogens is 1. The van der Waals surface area contributed by atoms with E-state index in [4.69, 9.17) is 21.8 Å². The Morgan fingerprint density at radius 2 is 2.05 bits per heavy atom. The Bertz CT molecular complexity index is 725. The van der Waals surface area contributed by atoms with Crippen LogP contribution in [0.15, 0.2) is 29.1 Å². The number of aliphatic hydroxyl groups is 2. The smallest absolute Gasteiger partial charge is 0.352 e. The van der Waals surface area contributed by atoms with Gasteiger partial charge in [0.25, 0.3) is 0 Å². The number of fused-ring (bicyclic) bond motifs is 1. The molecule has 0 bridgehead atoms. The molecule has 3 N–H and O–H groups in total. The zero-order chi connectivity index (χ0) is 14.9. The Labute approximate surface area is 118 Å². The average Bonchev–Trinajstić information content (AvgIpc) is 2.40. The van der Waals surface area contributed by atoms with Crippen molar-refractivity contribution < 1.29 is 20.1 Å². The molecule has 1 unspecified atom stereocenters. The fourth-order valence-corrected chi connectivity index (χ4v) is 2.15. The van der Waals surface area contributed by atoms with Crippen LogP contribution in [0.1, 0.15) is 10.5 Å². The number of benzene rings is 1. The molecule has 0 aliphatic carbocycles. The predicted octanol–water partition coefficient (Wildman–Crippen LogP) is 0.706. The van der Waals surface area contributed by atoms with E-state index in [1.54, 1.807) is 0 Å². The van der Waals surface area contributed by atoms with Gasteiger partial charge < -0.3 is 19.9 Å². The molecule has 0 spiro atoms. The number of halogens is 1. The summed E-state index contributed by atoms with van der Waals surface area (Å²) < 4.78 is 1.26. The Hall–Kier alpha value is -1.89. The van der Waals surface area contributed by atoms with Crippen molar-refractivity contribution in [3.8, 4) is 0 Å². The van der Waals surface area contributed by atoms with Gasteiger partial charge in [-0.2, -0.15) is 0 Å². The van der Waals surface area contributed by atoms with E-state index in [0.717, 1.165) is 6.07 Å². The Morgan fingerprint density at radius 1 is 1.35 bits per heavy atom. The van der Waals surface area contributed by atoms with E-state index in [-0.39, 0.29) is 12.2 Å². The number of pyridine rings is 1. The van der Waals surface area contributed by atoms with Crippen molar-refractivity contribution >= 4 is 28.5 Å². The third-order valence-corrected chi connectivity index (χ3v) is 3.13. The summed E-state index contributed by atoms with van der Waals surface area (Å²) >= 11 is 5.87. The maximum absolute atomic E-state index is 11.9. The van der Waals surface area contributed by atoms with Gasteiger partial charge in [0.15, 0.2) is 5.43 Å². The number of rotatable bonds is 4. The highest BCUT2D eigenvalue weighted by atomic mass is 35.5. The molecule has 0 aliphatic rings. The van der Waals surface area contributed by atoms with Crippen molar-refractivity contribution in [2.45, 2.75) is 12.6 Å². The van der Waals surface area contributed by atoms with Gasteiger partial charge in [0.1, 0.15) is 5.69 Å². The summed E-state index contributed by atoms with van der Waals surface area (Å²) in [6.45, 7) is -0.678. The lowest BCUT2D eigenvalue weighted by Gasteiger charge is -2.17. The van der Waals surface area contributed by atoms with Crippen LogP contribution in [-0.2, 0) is 6.54 Å². The van der Waals surface area contributed by atoms with Crippen LogP contribution in [0.5, 0.6) is 0 Å². The van der Waals surface area contributed by atoms with Crippen LogP contribution in [0.3, 0.4) is 0 Å². The fourth-order valence-electron chi connectivity index (χ4n) is 1.99. The van der Waals surface area contributed by atoms with Crippen LogP contribution in [0.25, 0.3) is 10.9 Å². The fraction of sp³-hybridized carbons (Fsp3) is 0.231. The SMILES string of the molecule is O=C(O)c1cc(=O)c2ccc(Cl)cc2n1CC(O)CO. The molecular weight excluding hydrogens is 286 g/mol. The maximum Gasteiger partial charge on any atom is 0.352 e. The zero-order valence-electron chi connectivity index (χ0n) is 10.3. The molecule has 6 nitrogen and oxygen atoms in total. The van der Waals surface area contributed by atoms with Gasteiger partial charge in [0.2, 0.25) is 0 Å². The molecule has 1 aromatic carbocycles. The summed E-state index contributed by atoms with van der Waals surface area (Å²) in [6.07, 6.45) is -1.14. The van der Waals surface area contributed by atoms with Gasteiger partial charge in [0, 0.05) is 16.5 Å². The number of carboxylic acid groups (broad SMARTS) is 1. The van der Waals surface area contributed by atoms with Crippen molar-refractivity contribution in [1.82, 2.24) is 4.57 Å². The molecule has 1 heterocycles.